The second-order valence-electron chi connectivity index (χ2n) is 5.95. The number of phenolic OH excluding ortho intramolecular Hbond substituents is 1. The van der Waals surface area contributed by atoms with Crippen molar-refractivity contribution in [3.05, 3.63) is 59.7 Å². The lowest BCUT2D eigenvalue weighted by Gasteiger charge is -2.22. The van der Waals surface area contributed by atoms with Crippen LogP contribution in [0.15, 0.2) is 48.5 Å². The maximum atomic E-state index is 12.8. The summed E-state index contributed by atoms with van der Waals surface area (Å²) in [5.74, 6) is -1.12. The molecule has 2 N–H and O–H groups in total. The van der Waals surface area contributed by atoms with Crippen molar-refractivity contribution in [3.63, 3.8) is 0 Å². The number of hydrogen-bond acceptors (Lipinski definition) is 4. The first-order chi connectivity index (χ1) is 11.5. The minimum absolute atomic E-state index is 0.102. The van der Waals surface area contributed by atoms with Gasteiger partial charge in [0.15, 0.2) is 11.4 Å². The van der Waals surface area contributed by atoms with Crippen molar-refractivity contribution >= 4 is 17.4 Å². The van der Waals surface area contributed by atoms with E-state index in [4.69, 9.17) is 0 Å². The number of Topliss-reactive ketones (excluding diaryl/α,β-unsaturated/α-hetero) is 1. The Morgan fingerprint density at radius 2 is 1.79 bits per heavy atom. The lowest BCUT2D eigenvalue weighted by molar-refractivity contribution is -0.135. The number of carbonyl (C=O) groups excluding carboxylic acids is 2. The Hall–Kier alpha value is -2.66. The summed E-state index contributed by atoms with van der Waals surface area (Å²) in [6.07, 6.45) is 0.338. The van der Waals surface area contributed by atoms with Gasteiger partial charge in [0.05, 0.1) is 17.7 Å². The van der Waals surface area contributed by atoms with Crippen molar-refractivity contribution in [2.45, 2.75) is 25.4 Å². The summed E-state index contributed by atoms with van der Waals surface area (Å²) in [7, 11) is 0. The molecule has 2 aromatic rings. The molecule has 0 unspecified atom stereocenters. The minimum atomic E-state index is -1.90. The van der Waals surface area contributed by atoms with E-state index in [0.29, 0.717) is 17.8 Å². The highest BCUT2D eigenvalue weighted by Crippen LogP contribution is 2.43. The van der Waals surface area contributed by atoms with Crippen molar-refractivity contribution in [3.8, 4) is 5.75 Å². The maximum Gasteiger partial charge on any atom is 0.264 e. The lowest BCUT2D eigenvalue weighted by Crippen LogP contribution is -2.42. The van der Waals surface area contributed by atoms with Crippen LogP contribution in [0, 0.1) is 0 Å². The molecule has 5 nitrogen and oxygen atoms in total. The van der Waals surface area contributed by atoms with Crippen molar-refractivity contribution in [2.75, 3.05) is 11.4 Å². The van der Waals surface area contributed by atoms with Gasteiger partial charge in [-0.3, -0.25) is 9.59 Å². The van der Waals surface area contributed by atoms with E-state index in [1.165, 1.54) is 17.0 Å². The zero-order valence-electron chi connectivity index (χ0n) is 13.4. The Morgan fingerprint density at radius 1 is 1.12 bits per heavy atom. The first-order valence-corrected chi connectivity index (χ1v) is 7.94. The minimum Gasteiger partial charge on any atom is -0.507 e. The summed E-state index contributed by atoms with van der Waals surface area (Å²) in [4.78, 5) is 26.9. The number of para-hydroxylation sites is 2. The fourth-order valence-corrected chi connectivity index (χ4v) is 3.16. The number of benzene rings is 2. The molecule has 3 rings (SSSR count). The van der Waals surface area contributed by atoms with Gasteiger partial charge in [-0.2, -0.15) is 0 Å². The molecule has 24 heavy (non-hydrogen) atoms. The summed E-state index contributed by atoms with van der Waals surface area (Å²) in [6, 6.07) is 13.1. The largest absolute Gasteiger partial charge is 0.507 e. The van der Waals surface area contributed by atoms with Crippen LogP contribution in [0.1, 0.15) is 35.7 Å². The molecule has 2 aromatic carbocycles. The monoisotopic (exact) mass is 325 g/mol. The molecule has 0 bridgehead atoms. The second kappa shape index (κ2) is 6.09. The topological polar surface area (TPSA) is 77.8 Å². The summed E-state index contributed by atoms with van der Waals surface area (Å²) in [6.45, 7) is 2.42. The number of rotatable bonds is 5. The third-order valence-electron chi connectivity index (χ3n) is 4.31. The first-order valence-electron chi connectivity index (χ1n) is 7.94. The predicted molar refractivity (Wildman–Crippen MR) is 90.0 cm³/mol. The smallest absolute Gasteiger partial charge is 0.264 e. The number of anilines is 1. The van der Waals surface area contributed by atoms with E-state index in [0.717, 1.165) is 6.42 Å². The number of aromatic hydroxyl groups is 1. The van der Waals surface area contributed by atoms with Gasteiger partial charge in [0.1, 0.15) is 5.75 Å². The molecule has 0 spiro atoms. The van der Waals surface area contributed by atoms with Gasteiger partial charge in [-0.15, -0.1) is 0 Å². The molecule has 1 heterocycles. The average molecular weight is 325 g/mol. The van der Waals surface area contributed by atoms with Crippen molar-refractivity contribution in [1.29, 1.82) is 0 Å². The highest BCUT2D eigenvalue weighted by molar-refractivity contribution is 6.11. The SMILES string of the molecule is CCCN1C(=O)[C@@](O)(CC(=O)c2ccccc2O)c2ccccc21. The molecule has 0 aliphatic carbocycles. The number of amides is 1. The molecule has 5 heteroatoms. The van der Waals surface area contributed by atoms with E-state index in [-0.39, 0.29) is 11.3 Å². The second-order valence-corrected chi connectivity index (χ2v) is 5.95. The Kier molecular flexibility index (Phi) is 4.11. The van der Waals surface area contributed by atoms with E-state index in [1.54, 1.807) is 36.4 Å². The van der Waals surface area contributed by atoms with Gasteiger partial charge in [-0.05, 0) is 24.6 Å². The van der Waals surface area contributed by atoms with E-state index < -0.39 is 23.7 Å². The molecule has 1 aliphatic rings. The number of phenols is 1. The van der Waals surface area contributed by atoms with Gasteiger partial charge in [0.25, 0.3) is 5.91 Å². The van der Waals surface area contributed by atoms with Crippen LogP contribution in [0.25, 0.3) is 0 Å². The highest BCUT2D eigenvalue weighted by atomic mass is 16.3. The number of nitrogens with zero attached hydrogens (tertiary/aromatic N) is 1. The molecule has 1 amide bonds. The molecular weight excluding hydrogens is 306 g/mol. The van der Waals surface area contributed by atoms with Crippen molar-refractivity contribution in [2.24, 2.45) is 0 Å². The van der Waals surface area contributed by atoms with Crippen molar-refractivity contribution in [1.82, 2.24) is 0 Å². The van der Waals surface area contributed by atoms with Crippen LogP contribution in [0.4, 0.5) is 5.69 Å². The van der Waals surface area contributed by atoms with Crippen LogP contribution >= 0.6 is 0 Å². The molecule has 0 aromatic heterocycles. The zero-order valence-corrected chi connectivity index (χ0v) is 13.4. The van der Waals surface area contributed by atoms with Gasteiger partial charge >= 0.3 is 0 Å². The molecule has 1 aliphatic heterocycles. The number of fused-ring (bicyclic) bond motifs is 1. The quantitative estimate of drug-likeness (QED) is 0.828. The number of aliphatic hydroxyl groups is 1. The normalized spacial score (nSPS) is 19.4. The highest BCUT2D eigenvalue weighted by Gasteiger charge is 2.50. The summed E-state index contributed by atoms with van der Waals surface area (Å²) in [5.41, 5.74) is -0.722. The fourth-order valence-electron chi connectivity index (χ4n) is 3.16. The van der Waals surface area contributed by atoms with Crippen LogP contribution in [0.5, 0.6) is 5.75 Å². The Labute approximate surface area is 140 Å². The Morgan fingerprint density at radius 3 is 2.50 bits per heavy atom. The van der Waals surface area contributed by atoms with E-state index in [1.807, 2.05) is 6.92 Å². The van der Waals surface area contributed by atoms with Crippen LogP contribution < -0.4 is 4.90 Å². The maximum absolute atomic E-state index is 12.8. The van der Waals surface area contributed by atoms with Gasteiger partial charge in [0.2, 0.25) is 0 Å². The molecule has 124 valence electrons. The number of hydrogen-bond donors (Lipinski definition) is 2. The van der Waals surface area contributed by atoms with Gasteiger partial charge in [0, 0.05) is 12.1 Å². The van der Waals surface area contributed by atoms with E-state index in [9.17, 15) is 19.8 Å². The fraction of sp³-hybridized carbons (Fsp3) is 0.263. The van der Waals surface area contributed by atoms with Crippen LogP contribution in [0.2, 0.25) is 0 Å². The lowest BCUT2D eigenvalue weighted by atomic mass is 9.88. The zero-order chi connectivity index (χ0) is 17.3. The van der Waals surface area contributed by atoms with Crippen LogP contribution in [-0.2, 0) is 10.4 Å². The molecular formula is C19H19NO4. The van der Waals surface area contributed by atoms with Crippen LogP contribution in [0.3, 0.4) is 0 Å². The summed E-state index contributed by atoms with van der Waals surface area (Å²) >= 11 is 0. The predicted octanol–water partition coefficient (Wildman–Crippen LogP) is 2.61. The average Bonchev–Trinajstić information content (AvgIpc) is 2.78. The van der Waals surface area contributed by atoms with Gasteiger partial charge in [-0.25, -0.2) is 0 Å². The Bertz CT molecular complexity index is 801. The van der Waals surface area contributed by atoms with E-state index in [2.05, 4.69) is 0 Å². The summed E-state index contributed by atoms with van der Waals surface area (Å²) < 4.78 is 0. The number of ketones is 1. The molecule has 1 atom stereocenters. The third kappa shape index (κ3) is 2.47. The molecule has 0 saturated heterocycles. The van der Waals surface area contributed by atoms with Crippen LogP contribution in [-0.4, -0.2) is 28.4 Å². The van der Waals surface area contributed by atoms with E-state index >= 15 is 0 Å². The molecule has 0 saturated carbocycles. The van der Waals surface area contributed by atoms with Gasteiger partial charge in [-0.1, -0.05) is 37.3 Å². The molecule has 0 fully saturated rings. The first kappa shape index (κ1) is 16.2. The summed E-state index contributed by atoms with van der Waals surface area (Å²) in [5, 5.41) is 20.9. The Balaban J connectivity index is 1.99. The molecule has 0 radical (unpaired) electrons. The third-order valence-corrected chi connectivity index (χ3v) is 4.31. The standard InChI is InChI=1S/C19H19NO4/c1-2-11-20-15-9-5-4-8-14(15)19(24,18(20)23)12-17(22)13-7-3-6-10-16(13)21/h3-10,21,24H,2,11-12H2,1H3/t19-/m1/s1. The van der Waals surface area contributed by atoms with Gasteiger partial charge < -0.3 is 15.1 Å². The van der Waals surface area contributed by atoms with Crippen molar-refractivity contribution < 1.29 is 19.8 Å². The number of carbonyl (C=O) groups is 2.